The largest absolute Gasteiger partial charge is 0.399 e. The summed E-state index contributed by atoms with van der Waals surface area (Å²) in [5.41, 5.74) is 6.95. The Labute approximate surface area is 126 Å². The first kappa shape index (κ1) is 14.7. The molecule has 0 aliphatic carbocycles. The van der Waals surface area contributed by atoms with Crippen LogP contribution in [0.15, 0.2) is 46.5 Å². The van der Waals surface area contributed by atoms with Crippen LogP contribution in [0.25, 0.3) is 0 Å². The molecule has 4 nitrogen and oxygen atoms in total. The van der Waals surface area contributed by atoms with Gasteiger partial charge in [-0.05, 0) is 37.3 Å². The van der Waals surface area contributed by atoms with Gasteiger partial charge in [-0.3, -0.25) is 4.79 Å². The predicted octanol–water partition coefficient (Wildman–Crippen LogP) is 3.22. The van der Waals surface area contributed by atoms with Crippen molar-refractivity contribution in [2.75, 3.05) is 12.3 Å². The van der Waals surface area contributed by atoms with Crippen LogP contribution in [0.3, 0.4) is 0 Å². The number of rotatable bonds is 4. The van der Waals surface area contributed by atoms with Crippen molar-refractivity contribution in [3.8, 4) is 0 Å². The van der Waals surface area contributed by atoms with E-state index in [1.54, 1.807) is 36.5 Å². The number of nitrogen functional groups attached to an aromatic ring is 1. The molecule has 3 N–H and O–H groups in total. The van der Waals surface area contributed by atoms with E-state index in [-0.39, 0.29) is 5.91 Å². The molecule has 0 atom stereocenters. The van der Waals surface area contributed by atoms with Crippen LogP contribution >= 0.6 is 23.4 Å². The highest BCUT2D eigenvalue weighted by Crippen LogP contribution is 2.34. The van der Waals surface area contributed by atoms with Crippen molar-refractivity contribution in [2.24, 2.45) is 0 Å². The van der Waals surface area contributed by atoms with Crippen molar-refractivity contribution < 1.29 is 4.79 Å². The number of amides is 1. The molecule has 0 fully saturated rings. The number of carbonyl (C=O) groups is 1. The Morgan fingerprint density at radius 3 is 2.95 bits per heavy atom. The third-order valence-electron chi connectivity index (χ3n) is 2.52. The normalized spacial score (nSPS) is 10.3. The standard InChI is InChI=1S/C14H14ClN3OS/c1-2-17-13(19)10-6-5-9(16)8-12(10)20-14-11(15)4-3-7-18-14/h3-8H,2,16H2,1H3,(H,17,19). The van der Waals surface area contributed by atoms with Gasteiger partial charge in [0.05, 0.1) is 10.6 Å². The van der Waals surface area contributed by atoms with E-state index in [2.05, 4.69) is 10.3 Å². The fourth-order valence-corrected chi connectivity index (χ4v) is 2.81. The zero-order valence-electron chi connectivity index (χ0n) is 10.9. The topological polar surface area (TPSA) is 68.0 Å². The molecule has 0 unspecified atom stereocenters. The molecule has 104 valence electrons. The van der Waals surface area contributed by atoms with E-state index >= 15 is 0 Å². The molecule has 2 rings (SSSR count). The number of nitrogens with zero attached hydrogens (tertiary/aromatic N) is 1. The summed E-state index contributed by atoms with van der Waals surface area (Å²) >= 11 is 7.42. The van der Waals surface area contributed by atoms with E-state index in [0.29, 0.717) is 27.8 Å². The van der Waals surface area contributed by atoms with Crippen molar-refractivity contribution in [3.63, 3.8) is 0 Å². The quantitative estimate of drug-likeness (QED) is 0.851. The van der Waals surface area contributed by atoms with Gasteiger partial charge in [-0.2, -0.15) is 0 Å². The maximum absolute atomic E-state index is 12.0. The molecule has 1 aromatic carbocycles. The monoisotopic (exact) mass is 307 g/mol. The summed E-state index contributed by atoms with van der Waals surface area (Å²) in [6.45, 7) is 2.44. The average molecular weight is 308 g/mol. The number of nitrogens with one attached hydrogen (secondary N) is 1. The SMILES string of the molecule is CCNC(=O)c1ccc(N)cc1Sc1ncccc1Cl. The fourth-order valence-electron chi connectivity index (χ4n) is 1.62. The van der Waals surface area contributed by atoms with E-state index in [0.717, 1.165) is 4.90 Å². The molecule has 0 radical (unpaired) electrons. The number of hydrogen-bond donors (Lipinski definition) is 2. The van der Waals surface area contributed by atoms with Crippen molar-refractivity contribution in [3.05, 3.63) is 47.1 Å². The first-order valence-electron chi connectivity index (χ1n) is 6.08. The number of hydrogen-bond acceptors (Lipinski definition) is 4. The molecule has 20 heavy (non-hydrogen) atoms. The Kier molecular flexibility index (Phi) is 4.87. The zero-order valence-corrected chi connectivity index (χ0v) is 12.5. The van der Waals surface area contributed by atoms with Crippen molar-refractivity contribution in [1.29, 1.82) is 0 Å². The molecule has 1 amide bonds. The number of nitrogens with two attached hydrogens (primary N) is 1. The number of carbonyl (C=O) groups excluding carboxylic acids is 1. The Bertz CT molecular complexity index is 634. The van der Waals surface area contributed by atoms with Gasteiger partial charge in [-0.15, -0.1) is 0 Å². The van der Waals surface area contributed by atoms with E-state index in [1.165, 1.54) is 11.8 Å². The Morgan fingerprint density at radius 1 is 1.45 bits per heavy atom. The van der Waals surface area contributed by atoms with Crippen LogP contribution in [0.2, 0.25) is 5.02 Å². The van der Waals surface area contributed by atoms with Gasteiger partial charge in [0.1, 0.15) is 5.03 Å². The highest BCUT2D eigenvalue weighted by atomic mass is 35.5. The van der Waals surface area contributed by atoms with E-state index < -0.39 is 0 Å². The summed E-state index contributed by atoms with van der Waals surface area (Å²) in [5.74, 6) is -0.137. The highest BCUT2D eigenvalue weighted by molar-refractivity contribution is 7.99. The van der Waals surface area contributed by atoms with Gasteiger partial charge in [-0.1, -0.05) is 23.4 Å². The third kappa shape index (κ3) is 3.43. The average Bonchev–Trinajstić information content (AvgIpc) is 2.42. The lowest BCUT2D eigenvalue weighted by Gasteiger charge is -2.10. The summed E-state index contributed by atoms with van der Waals surface area (Å²) in [6, 6.07) is 8.68. The number of halogens is 1. The van der Waals surface area contributed by atoms with Crippen LogP contribution in [-0.2, 0) is 0 Å². The Morgan fingerprint density at radius 2 is 2.25 bits per heavy atom. The van der Waals surface area contributed by atoms with Gasteiger partial charge in [0.25, 0.3) is 5.91 Å². The third-order valence-corrected chi connectivity index (χ3v) is 4.01. The second-order valence-electron chi connectivity index (χ2n) is 4.01. The number of benzene rings is 1. The van der Waals surface area contributed by atoms with Gasteiger partial charge in [0.15, 0.2) is 0 Å². The second-order valence-corrected chi connectivity index (χ2v) is 5.45. The van der Waals surface area contributed by atoms with Gasteiger partial charge in [0.2, 0.25) is 0 Å². The number of anilines is 1. The van der Waals surface area contributed by atoms with E-state index in [4.69, 9.17) is 17.3 Å². The zero-order chi connectivity index (χ0) is 14.5. The molecule has 0 spiro atoms. The van der Waals surface area contributed by atoms with Crippen LogP contribution in [0, 0.1) is 0 Å². The molecule has 1 heterocycles. The maximum Gasteiger partial charge on any atom is 0.252 e. The summed E-state index contributed by atoms with van der Waals surface area (Å²) in [7, 11) is 0. The van der Waals surface area contributed by atoms with E-state index in [1.807, 2.05) is 6.92 Å². The summed E-state index contributed by atoms with van der Waals surface area (Å²) in [6.07, 6.45) is 1.66. The lowest BCUT2D eigenvalue weighted by atomic mass is 10.2. The van der Waals surface area contributed by atoms with Crippen molar-refractivity contribution >= 4 is 35.0 Å². The van der Waals surface area contributed by atoms with Crippen LogP contribution in [0.1, 0.15) is 17.3 Å². The predicted molar refractivity (Wildman–Crippen MR) is 82.2 cm³/mol. The molecule has 0 aliphatic heterocycles. The minimum absolute atomic E-state index is 0.137. The Balaban J connectivity index is 2.37. The molecule has 1 aromatic heterocycles. The lowest BCUT2D eigenvalue weighted by molar-refractivity contribution is 0.0953. The van der Waals surface area contributed by atoms with Crippen molar-refractivity contribution in [2.45, 2.75) is 16.8 Å². The molecule has 0 saturated carbocycles. The second kappa shape index (κ2) is 6.63. The van der Waals surface area contributed by atoms with Crippen LogP contribution in [-0.4, -0.2) is 17.4 Å². The van der Waals surface area contributed by atoms with Gasteiger partial charge < -0.3 is 11.1 Å². The van der Waals surface area contributed by atoms with Crippen LogP contribution in [0.4, 0.5) is 5.69 Å². The van der Waals surface area contributed by atoms with Crippen LogP contribution < -0.4 is 11.1 Å². The summed E-state index contributed by atoms with van der Waals surface area (Å²) in [4.78, 5) is 17.0. The Hall–Kier alpha value is -1.72. The molecule has 6 heteroatoms. The molecular formula is C14H14ClN3OS. The van der Waals surface area contributed by atoms with Crippen molar-refractivity contribution in [1.82, 2.24) is 10.3 Å². The molecule has 2 aromatic rings. The van der Waals surface area contributed by atoms with Gasteiger partial charge in [-0.25, -0.2) is 4.98 Å². The summed E-state index contributed by atoms with van der Waals surface area (Å²) in [5, 5.41) is 3.96. The molecule has 0 aliphatic rings. The number of aromatic nitrogens is 1. The molecule has 0 saturated heterocycles. The highest BCUT2D eigenvalue weighted by Gasteiger charge is 2.14. The number of pyridine rings is 1. The fraction of sp³-hybridized carbons (Fsp3) is 0.143. The minimum Gasteiger partial charge on any atom is -0.399 e. The van der Waals surface area contributed by atoms with Gasteiger partial charge in [0, 0.05) is 23.3 Å². The smallest absolute Gasteiger partial charge is 0.252 e. The first-order chi connectivity index (χ1) is 9.61. The summed E-state index contributed by atoms with van der Waals surface area (Å²) < 4.78 is 0. The molecule has 0 bridgehead atoms. The molecular weight excluding hydrogens is 294 g/mol. The van der Waals surface area contributed by atoms with Gasteiger partial charge >= 0.3 is 0 Å². The first-order valence-corrected chi connectivity index (χ1v) is 7.27. The van der Waals surface area contributed by atoms with Crippen LogP contribution in [0.5, 0.6) is 0 Å². The van der Waals surface area contributed by atoms with E-state index in [9.17, 15) is 4.79 Å². The minimum atomic E-state index is -0.137. The maximum atomic E-state index is 12.0. The lowest BCUT2D eigenvalue weighted by Crippen LogP contribution is -2.23.